The van der Waals surface area contributed by atoms with Crippen LogP contribution in [-0.4, -0.2) is 36.6 Å². The maximum Gasteiger partial charge on any atom is 0.346 e. The van der Waals surface area contributed by atoms with Gasteiger partial charge in [0.1, 0.15) is 9.81 Å². The van der Waals surface area contributed by atoms with Gasteiger partial charge in [0.2, 0.25) is 0 Å². The standard InChI is InChI=1S/C12H9ClO4S6/c1-16-7(14)5-6(8(15)17-2)21-11(20-5)12-22-9-10(23-12)19-4(13)3-18-9/h4H,3H2,1-2H3. The summed E-state index contributed by atoms with van der Waals surface area (Å²) in [6.45, 7) is 0. The molecular formula is C12H9ClO4S6. The summed E-state index contributed by atoms with van der Waals surface area (Å²) in [4.78, 5) is 24.4. The van der Waals surface area contributed by atoms with Gasteiger partial charge in [-0.1, -0.05) is 58.8 Å². The number of carbonyl (C=O) groups excluding carboxylic acids is 2. The summed E-state index contributed by atoms with van der Waals surface area (Å²) in [6, 6.07) is 0. The van der Waals surface area contributed by atoms with Crippen molar-refractivity contribution in [2.75, 3.05) is 20.0 Å². The van der Waals surface area contributed by atoms with Crippen molar-refractivity contribution < 1.29 is 19.1 Å². The van der Waals surface area contributed by atoms with E-state index >= 15 is 0 Å². The number of carbonyl (C=O) groups is 2. The van der Waals surface area contributed by atoms with Crippen molar-refractivity contribution in [3.05, 3.63) is 26.8 Å². The second kappa shape index (κ2) is 7.84. The zero-order valence-electron chi connectivity index (χ0n) is 11.7. The molecule has 23 heavy (non-hydrogen) atoms. The summed E-state index contributed by atoms with van der Waals surface area (Å²) in [6.07, 6.45) is 0. The second-order valence-electron chi connectivity index (χ2n) is 4.04. The van der Waals surface area contributed by atoms with Gasteiger partial charge in [-0.25, -0.2) is 9.59 Å². The van der Waals surface area contributed by atoms with Crippen LogP contribution in [0, 0.1) is 0 Å². The molecule has 11 heteroatoms. The summed E-state index contributed by atoms with van der Waals surface area (Å²) < 4.78 is 14.0. The third kappa shape index (κ3) is 3.88. The van der Waals surface area contributed by atoms with Gasteiger partial charge in [0.25, 0.3) is 0 Å². The van der Waals surface area contributed by atoms with Gasteiger partial charge in [0.05, 0.1) is 35.9 Å². The minimum atomic E-state index is -0.520. The van der Waals surface area contributed by atoms with Gasteiger partial charge in [-0.3, -0.25) is 0 Å². The molecule has 3 aliphatic heterocycles. The highest BCUT2D eigenvalue weighted by molar-refractivity contribution is 8.43. The average molecular weight is 445 g/mol. The number of hydrogen-bond donors (Lipinski definition) is 0. The third-order valence-electron chi connectivity index (χ3n) is 2.62. The first-order chi connectivity index (χ1) is 11.0. The minimum Gasteiger partial charge on any atom is -0.465 e. The Hall–Kier alpha value is 0.550. The molecule has 124 valence electrons. The number of halogens is 1. The summed E-state index contributed by atoms with van der Waals surface area (Å²) in [7, 11) is 2.60. The summed E-state index contributed by atoms with van der Waals surface area (Å²) in [5.74, 6) is -0.164. The largest absolute Gasteiger partial charge is 0.465 e. The lowest BCUT2D eigenvalue weighted by Gasteiger charge is -2.14. The number of rotatable bonds is 2. The van der Waals surface area contributed by atoms with Crippen molar-refractivity contribution in [1.82, 2.24) is 0 Å². The number of hydrogen-bond acceptors (Lipinski definition) is 10. The number of alkyl halides is 1. The molecule has 0 amide bonds. The first kappa shape index (κ1) is 18.3. The Labute approximate surface area is 163 Å². The van der Waals surface area contributed by atoms with E-state index in [0.29, 0.717) is 0 Å². The number of thioether (sulfide) groups is 6. The molecule has 0 bridgehead atoms. The summed E-state index contributed by atoms with van der Waals surface area (Å²) >= 11 is 15.4. The zero-order valence-corrected chi connectivity index (χ0v) is 17.4. The smallest absolute Gasteiger partial charge is 0.346 e. The molecule has 0 radical (unpaired) electrons. The number of ether oxygens (including phenoxy) is 2. The first-order valence-electron chi connectivity index (χ1n) is 6.08. The first-order valence-corrected chi connectivity index (χ1v) is 11.6. The summed E-state index contributed by atoms with van der Waals surface area (Å²) in [5, 5.41) is 0. The fourth-order valence-electron chi connectivity index (χ4n) is 1.64. The van der Waals surface area contributed by atoms with Crippen LogP contribution in [0.25, 0.3) is 0 Å². The Morgan fingerprint density at radius 1 is 0.913 bits per heavy atom. The van der Waals surface area contributed by atoms with E-state index in [4.69, 9.17) is 21.1 Å². The van der Waals surface area contributed by atoms with E-state index < -0.39 is 11.9 Å². The maximum absolute atomic E-state index is 11.9. The molecule has 0 saturated heterocycles. The third-order valence-corrected chi connectivity index (χ3v) is 12.0. The molecule has 0 fully saturated rings. The zero-order chi connectivity index (χ0) is 16.6. The molecule has 0 aromatic carbocycles. The molecule has 0 aromatic rings. The molecule has 1 atom stereocenters. The van der Waals surface area contributed by atoms with Crippen LogP contribution in [0.1, 0.15) is 0 Å². The van der Waals surface area contributed by atoms with Crippen molar-refractivity contribution in [2.24, 2.45) is 0 Å². The predicted octanol–water partition coefficient (Wildman–Crippen LogP) is 4.80. The molecule has 0 aromatic heterocycles. The highest BCUT2D eigenvalue weighted by Crippen LogP contribution is 2.66. The second-order valence-corrected chi connectivity index (χ2v) is 12.2. The summed E-state index contributed by atoms with van der Waals surface area (Å²) in [5.41, 5.74) is 0. The SMILES string of the molecule is COC(=O)C1=C(C(=O)OC)SC(=C2SC3=C(S2)SC(Cl)CS3)S1. The normalized spacial score (nSPS) is 24.2. The van der Waals surface area contributed by atoms with Crippen molar-refractivity contribution in [3.63, 3.8) is 0 Å². The lowest BCUT2D eigenvalue weighted by atomic mass is 10.5. The van der Waals surface area contributed by atoms with Gasteiger partial charge in [-0.2, -0.15) is 0 Å². The molecule has 0 saturated carbocycles. The van der Waals surface area contributed by atoms with Gasteiger partial charge >= 0.3 is 11.9 Å². The van der Waals surface area contributed by atoms with E-state index in [2.05, 4.69) is 0 Å². The Kier molecular flexibility index (Phi) is 6.25. The Morgan fingerprint density at radius 3 is 2.00 bits per heavy atom. The van der Waals surface area contributed by atoms with E-state index in [-0.39, 0.29) is 14.5 Å². The lowest BCUT2D eigenvalue weighted by Crippen LogP contribution is -2.08. The molecule has 0 N–H and O–H groups in total. The molecule has 0 spiro atoms. The van der Waals surface area contributed by atoms with Gasteiger partial charge in [0.15, 0.2) is 0 Å². The molecule has 3 aliphatic rings. The quantitative estimate of drug-likeness (QED) is 0.438. The van der Waals surface area contributed by atoms with E-state index in [0.717, 1.165) is 14.2 Å². The van der Waals surface area contributed by atoms with Crippen LogP contribution in [-0.2, 0) is 19.1 Å². The Bertz CT molecular complexity index is 640. The van der Waals surface area contributed by atoms with Crippen molar-refractivity contribution >= 4 is 94.1 Å². The van der Waals surface area contributed by atoms with E-state index in [1.807, 2.05) is 0 Å². The van der Waals surface area contributed by atoms with Crippen LogP contribution in [0.5, 0.6) is 0 Å². The van der Waals surface area contributed by atoms with Crippen molar-refractivity contribution in [3.8, 4) is 0 Å². The van der Waals surface area contributed by atoms with Crippen LogP contribution < -0.4 is 0 Å². The van der Waals surface area contributed by atoms with Gasteiger partial charge in [0, 0.05) is 5.75 Å². The van der Waals surface area contributed by atoms with Crippen LogP contribution in [0.2, 0.25) is 0 Å². The van der Waals surface area contributed by atoms with Crippen LogP contribution >= 0.6 is 82.2 Å². The van der Waals surface area contributed by atoms with Crippen LogP contribution in [0.15, 0.2) is 26.8 Å². The molecule has 1 unspecified atom stereocenters. The van der Waals surface area contributed by atoms with E-state index in [1.165, 1.54) is 46.2 Å². The van der Waals surface area contributed by atoms with Gasteiger partial charge in [-0.05, 0) is 0 Å². The average Bonchev–Trinajstić information content (AvgIpc) is 3.16. The monoisotopic (exact) mass is 444 g/mol. The minimum absolute atomic E-state index is 0.0782. The number of esters is 2. The Balaban J connectivity index is 1.82. The van der Waals surface area contributed by atoms with E-state index in [9.17, 15) is 9.59 Å². The van der Waals surface area contributed by atoms with Crippen LogP contribution in [0.4, 0.5) is 0 Å². The topological polar surface area (TPSA) is 52.6 Å². The van der Waals surface area contributed by atoms with Gasteiger partial charge < -0.3 is 9.47 Å². The predicted molar refractivity (Wildman–Crippen MR) is 105 cm³/mol. The molecule has 0 aliphatic carbocycles. The van der Waals surface area contributed by atoms with Crippen LogP contribution in [0.3, 0.4) is 0 Å². The highest BCUT2D eigenvalue weighted by atomic mass is 35.5. The van der Waals surface area contributed by atoms with Gasteiger partial charge in [-0.15, -0.1) is 23.4 Å². The molecule has 3 rings (SSSR count). The lowest BCUT2D eigenvalue weighted by molar-refractivity contribution is -0.138. The molecular weight excluding hydrogens is 436 g/mol. The fourth-order valence-corrected chi connectivity index (χ4v) is 10.9. The highest BCUT2D eigenvalue weighted by Gasteiger charge is 2.37. The number of methoxy groups -OCH3 is 2. The Morgan fingerprint density at radius 2 is 1.43 bits per heavy atom. The van der Waals surface area contributed by atoms with Crippen molar-refractivity contribution in [1.29, 1.82) is 0 Å². The fraction of sp³-hybridized carbons (Fsp3) is 0.333. The maximum atomic E-state index is 11.9. The van der Waals surface area contributed by atoms with E-state index in [1.54, 1.807) is 47.0 Å². The van der Waals surface area contributed by atoms with Crippen molar-refractivity contribution in [2.45, 2.75) is 4.71 Å². The molecule has 4 nitrogen and oxygen atoms in total. The molecule has 3 heterocycles.